The predicted molar refractivity (Wildman–Crippen MR) is 59.6 cm³/mol. The normalized spacial score (nSPS) is 10.1. The van der Waals surface area contributed by atoms with Gasteiger partial charge in [-0.05, 0) is 19.1 Å². The van der Waals surface area contributed by atoms with E-state index in [0.717, 1.165) is 0 Å². The summed E-state index contributed by atoms with van der Waals surface area (Å²) in [6.45, 7) is 1.87. The van der Waals surface area contributed by atoms with Crippen molar-refractivity contribution in [3.05, 3.63) is 47.2 Å². The largest absolute Gasteiger partial charge is 0.444 e. The van der Waals surface area contributed by atoms with E-state index in [1.165, 1.54) is 18.3 Å². The van der Waals surface area contributed by atoms with Crippen LogP contribution < -0.4 is 5.32 Å². The highest BCUT2D eigenvalue weighted by Crippen LogP contribution is 2.20. The third kappa shape index (κ3) is 2.30. The number of nitrogens with zero attached hydrogens (tertiary/aromatic N) is 2. The van der Waals surface area contributed by atoms with Crippen molar-refractivity contribution in [1.29, 1.82) is 5.26 Å². The average molecular weight is 249 g/mol. The van der Waals surface area contributed by atoms with E-state index in [0.29, 0.717) is 11.7 Å². The molecule has 0 aliphatic carbocycles. The molecule has 1 N–H and O–H groups in total. The van der Waals surface area contributed by atoms with E-state index in [1.54, 1.807) is 13.0 Å². The maximum absolute atomic E-state index is 13.5. The summed E-state index contributed by atoms with van der Waals surface area (Å²) in [6, 6.07) is 4.08. The number of benzene rings is 1. The van der Waals surface area contributed by atoms with Crippen LogP contribution in [0.1, 0.15) is 17.2 Å². The summed E-state index contributed by atoms with van der Waals surface area (Å²) in [5, 5.41) is 11.2. The summed E-state index contributed by atoms with van der Waals surface area (Å²) in [4.78, 5) is 3.92. The summed E-state index contributed by atoms with van der Waals surface area (Å²) < 4.78 is 32.0. The number of nitrogens with one attached hydrogen (secondary N) is 1. The number of anilines is 1. The second kappa shape index (κ2) is 4.84. The number of hydrogen-bond acceptors (Lipinski definition) is 4. The van der Waals surface area contributed by atoms with Gasteiger partial charge in [0.15, 0.2) is 11.6 Å². The number of oxazole rings is 1. The Morgan fingerprint density at radius 2 is 2.17 bits per heavy atom. The number of rotatable bonds is 3. The minimum Gasteiger partial charge on any atom is -0.444 e. The molecule has 1 heterocycles. The lowest BCUT2D eigenvalue weighted by Crippen LogP contribution is -2.04. The fourth-order valence-electron chi connectivity index (χ4n) is 1.43. The van der Waals surface area contributed by atoms with E-state index >= 15 is 0 Å². The highest BCUT2D eigenvalue weighted by Gasteiger charge is 2.13. The van der Waals surface area contributed by atoms with Crippen molar-refractivity contribution in [2.45, 2.75) is 13.5 Å². The zero-order chi connectivity index (χ0) is 13.1. The highest BCUT2D eigenvalue weighted by atomic mass is 19.2. The standard InChI is InChI=1S/C12H9F2N3O/c1-7-5-17-10(18-7)6-16-9-3-2-8(4-15)11(13)12(9)14/h2-3,5,16H,6H2,1H3. The maximum Gasteiger partial charge on any atom is 0.213 e. The highest BCUT2D eigenvalue weighted by molar-refractivity contribution is 5.49. The van der Waals surface area contributed by atoms with Gasteiger partial charge in [-0.3, -0.25) is 0 Å². The van der Waals surface area contributed by atoms with Crippen molar-refractivity contribution in [2.75, 3.05) is 5.32 Å². The molecule has 0 radical (unpaired) electrons. The summed E-state index contributed by atoms with van der Waals surface area (Å²) in [6.07, 6.45) is 1.53. The monoisotopic (exact) mass is 249 g/mol. The van der Waals surface area contributed by atoms with Gasteiger partial charge in [-0.2, -0.15) is 5.26 Å². The molecule has 2 aromatic rings. The summed E-state index contributed by atoms with van der Waals surface area (Å²) in [5.41, 5.74) is -0.368. The van der Waals surface area contributed by atoms with Gasteiger partial charge in [-0.15, -0.1) is 0 Å². The molecule has 0 unspecified atom stereocenters. The fourth-order valence-corrected chi connectivity index (χ4v) is 1.43. The summed E-state index contributed by atoms with van der Waals surface area (Å²) in [7, 11) is 0. The van der Waals surface area contributed by atoms with Crippen LogP contribution in [0.2, 0.25) is 0 Å². The molecular formula is C12H9F2N3O. The zero-order valence-electron chi connectivity index (χ0n) is 9.50. The molecule has 0 aliphatic heterocycles. The van der Waals surface area contributed by atoms with Gasteiger partial charge in [0.2, 0.25) is 5.89 Å². The molecule has 2 rings (SSSR count). The van der Waals surface area contributed by atoms with Crippen molar-refractivity contribution in [2.24, 2.45) is 0 Å². The zero-order valence-corrected chi connectivity index (χ0v) is 9.50. The predicted octanol–water partition coefficient (Wildman–Crippen LogP) is 2.75. The molecule has 1 aromatic heterocycles. The van der Waals surface area contributed by atoms with Crippen LogP contribution in [0, 0.1) is 29.9 Å². The van der Waals surface area contributed by atoms with Crippen LogP contribution in [0.3, 0.4) is 0 Å². The van der Waals surface area contributed by atoms with Crippen LogP contribution >= 0.6 is 0 Å². The van der Waals surface area contributed by atoms with Crippen molar-refractivity contribution >= 4 is 5.69 Å². The lowest BCUT2D eigenvalue weighted by atomic mass is 10.2. The van der Waals surface area contributed by atoms with Crippen LogP contribution in [-0.2, 0) is 6.54 Å². The molecule has 6 heteroatoms. The Hall–Kier alpha value is -2.42. The lowest BCUT2D eigenvalue weighted by Gasteiger charge is -2.06. The minimum absolute atomic E-state index is 0.0395. The molecule has 18 heavy (non-hydrogen) atoms. The third-order valence-corrected chi connectivity index (χ3v) is 2.30. The fraction of sp³-hybridized carbons (Fsp3) is 0.167. The smallest absolute Gasteiger partial charge is 0.213 e. The first-order valence-corrected chi connectivity index (χ1v) is 5.15. The van der Waals surface area contributed by atoms with Gasteiger partial charge >= 0.3 is 0 Å². The summed E-state index contributed by atoms with van der Waals surface area (Å²) >= 11 is 0. The molecule has 0 atom stereocenters. The number of halogens is 2. The number of aryl methyl sites for hydroxylation is 1. The molecule has 92 valence electrons. The molecule has 0 amide bonds. The van der Waals surface area contributed by atoms with Crippen molar-refractivity contribution in [3.8, 4) is 6.07 Å². The number of hydrogen-bond donors (Lipinski definition) is 1. The van der Waals surface area contributed by atoms with Gasteiger partial charge in [0, 0.05) is 0 Å². The first kappa shape index (κ1) is 12.0. The Bertz CT molecular complexity index is 616. The van der Waals surface area contributed by atoms with Crippen molar-refractivity contribution in [3.63, 3.8) is 0 Å². The third-order valence-electron chi connectivity index (χ3n) is 2.30. The Morgan fingerprint density at radius 3 is 2.78 bits per heavy atom. The number of aromatic nitrogens is 1. The molecule has 0 saturated carbocycles. The molecule has 0 aliphatic rings. The topological polar surface area (TPSA) is 61.9 Å². The van der Waals surface area contributed by atoms with Crippen LogP contribution in [0.15, 0.2) is 22.7 Å². The second-order valence-electron chi connectivity index (χ2n) is 3.62. The Morgan fingerprint density at radius 1 is 1.39 bits per heavy atom. The van der Waals surface area contributed by atoms with E-state index in [-0.39, 0.29) is 17.8 Å². The van der Waals surface area contributed by atoms with Crippen LogP contribution in [0.25, 0.3) is 0 Å². The summed E-state index contributed by atoms with van der Waals surface area (Å²) in [5.74, 6) is -1.24. The number of nitriles is 1. The van der Waals surface area contributed by atoms with Gasteiger partial charge in [0.1, 0.15) is 11.8 Å². The average Bonchev–Trinajstić information content (AvgIpc) is 2.77. The lowest BCUT2D eigenvalue weighted by molar-refractivity contribution is 0.477. The molecule has 1 aromatic carbocycles. The van der Waals surface area contributed by atoms with Crippen molar-refractivity contribution in [1.82, 2.24) is 4.98 Å². The van der Waals surface area contributed by atoms with Crippen molar-refractivity contribution < 1.29 is 13.2 Å². The Balaban J connectivity index is 2.15. The molecule has 0 saturated heterocycles. The van der Waals surface area contributed by atoms with E-state index in [9.17, 15) is 8.78 Å². The Kier molecular flexibility index (Phi) is 3.24. The second-order valence-corrected chi connectivity index (χ2v) is 3.62. The SMILES string of the molecule is Cc1cnc(CNc2ccc(C#N)c(F)c2F)o1. The van der Waals surface area contributed by atoms with Crippen LogP contribution in [0.4, 0.5) is 14.5 Å². The van der Waals surface area contributed by atoms with E-state index < -0.39 is 11.6 Å². The molecule has 0 spiro atoms. The van der Waals surface area contributed by atoms with Crippen LogP contribution in [0.5, 0.6) is 0 Å². The van der Waals surface area contributed by atoms with E-state index in [1.807, 2.05) is 0 Å². The molecule has 4 nitrogen and oxygen atoms in total. The first-order chi connectivity index (χ1) is 8.61. The van der Waals surface area contributed by atoms with E-state index in [4.69, 9.17) is 9.68 Å². The maximum atomic E-state index is 13.5. The molecule has 0 bridgehead atoms. The first-order valence-electron chi connectivity index (χ1n) is 5.15. The van der Waals surface area contributed by atoms with Gasteiger partial charge in [0.25, 0.3) is 0 Å². The van der Waals surface area contributed by atoms with E-state index in [2.05, 4.69) is 10.3 Å². The minimum atomic E-state index is -1.16. The Labute approximate surface area is 102 Å². The quantitative estimate of drug-likeness (QED) is 0.908. The van der Waals surface area contributed by atoms with Gasteiger partial charge in [-0.25, -0.2) is 13.8 Å². The van der Waals surface area contributed by atoms with Crippen LogP contribution in [-0.4, -0.2) is 4.98 Å². The molecular weight excluding hydrogens is 240 g/mol. The van der Waals surface area contributed by atoms with Gasteiger partial charge in [-0.1, -0.05) is 0 Å². The molecule has 0 fully saturated rings. The van der Waals surface area contributed by atoms with Gasteiger partial charge in [0.05, 0.1) is 24.0 Å². The van der Waals surface area contributed by atoms with Gasteiger partial charge < -0.3 is 9.73 Å².